The maximum atomic E-state index is 14.0. The van der Waals surface area contributed by atoms with Gasteiger partial charge in [0.2, 0.25) is 5.75 Å². The summed E-state index contributed by atoms with van der Waals surface area (Å²) in [5, 5.41) is 14.2. The van der Waals surface area contributed by atoms with Crippen LogP contribution in [0.1, 0.15) is 25.0 Å². The fraction of sp³-hybridized carbons (Fsp3) is 0.143. The van der Waals surface area contributed by atoms with Gasteiger partial charge in [-0.3, -0.25) is 20.9 Å². The number of aromatic hydroxyl groups is 1. The van der Waals surface area contributed by atoms with Crippen LogP contribution in [0.2, 0.25) is 0 Å². The smallest absolute Gasteiger partial charge is 0.200 e. The highest BCUT2D eigenvalue weighted by atomic mass is 32.2. The molecule has 298 valence electrons. The summed E-state index contributed by atoms with van der Waals surface area (Å²) in [7, 11) is 2.83. The van der Waals surface area contributed by atoms with Gasteiger partial charge in [0.1, 0.15) is 11.6 Å². The van der Waals surface area contributed by atoms with Crippen LogP contribution in [0.25, 0.3) is 56.4 Å². The second kappa shape index (κ2) is 16.9. The summed E-state index contributed by atoms with van der Waals surface area (Å²) in [4.78, 5) is 5.18. The molecule has 2 N–H and O–H groups in total. The topological polar surface area (TPSA) is 159 Å². The molecule has 0 aliphatic carbocycles. The first-order valence-electron chi connectivity index (χ1n) is 17.9. The molecule has 0 aliphatic rings. The van der Waals surface area contributed by atoms with E-state index in [1.165, 1.54) is 34.3 Å². The average Bonchev–Trinajstić information content (AvgIpc) is 3.98. The summed E-state index contributed by atoms with van der Waals surface area (Å²) >= 11 is 1.03. The fourth-order valence-electron chi connectivity index (χ4n) is 6.66. The molecule has 7 rings (SSSR count). The number of methoxy groups -OCH3 is 2. The lowest BCUT2D eigenvalue weighted by molar-refractivity contribution is 0.340. The minimum absolute atomic E-state index is 0.119. The second-order valence-corrected chi connectivity index (χ2v) is 15.1. The summed E-state index contributed by atoms with van der Waals surface area (Å²) in [5.74, 6) is -0.0781. The van der Waals surface area contributed by atoms with Crippen molar-refractivity contribution in [3.63, 3.8) is 0 Å². The van der Waals surface area contributed by atoms with Gasteiger partial charge in [-0.15, -0.1) is 0 Å². The predicted octanol–water partition coefficient (Wildman–Crippen LogP) is 8.34. The van der Waals surface area contributed by atoms with Crippen molar-refractivity contribution in [1.29, 1.82) is 0 Å². The number of thiocarbonyl (C=S) groups is 1. The number of benzene rings is 4. The van der Waals surface area contributed by atoms with Crippen molar-refractivity contribution in [2.75, 3.05) is 19.5 Å². The molecule has 0 bridgehead atoms. The predicted molar refractivity (Wildman–Crippen MR) is 226 cm³/mol. The highest BCUT2D eigenvalue weighted by Gasteiger charge is 2.26. The lowest BCUT2D eigenvalue weighted by atomic mass is 10.0. The third-order valence-corrected chi connectivity index (χ3v) is 11.2. The first-order chi connectivity index (χ1) is 27.9. The Labute approximate surface area is 344 Å². The molecule has 3 heterocycles. The largest absolute Gasteiger partial charge is 0.755 e. The minimum Gasteiger partial charge on any atom is -0.755 e. The van der Waals surface area contributed by atoms with Crippen LogP contribution in [-0.4, -0.2) is 59.5 Å². The van der Waals surface area contributed by atoms with E-state index < -0.39 is 28.4 Å². The second-order valence-electron chi connectivity index (χ2n) is 13.0. The van der Waals surface area contributed by atoms with Gasteiger partial charge in [-0.25, -0.2) is 9.37 Å². The zero-order valence-electron chi connectivity index (χ0n) is 31.6. The molecule has 0 saturated heterocycles. The van der Waals surface area contributed by atoms with E-state index in [0.29, 0.717) is 74.9 Å². The first-order valence-corrected chi connectivity index (χ1v) is 20.4. The van der Waals surface area contributed by atoms with Gasteiger partial charge in [0, 0.05) is 34.8 Å². The van der Waals surface area contributed by atoms with Crippen LogP contribution in [0.5, 0.6) is 17.2 Å². The Hall–Kier alpha value is -5.91. The van der Waals surface area contributed by atoms with Crippen LogP contribution in [-0.2, 0) is 35.4 Å². The molecule has 4 aromatic carbocycles. The van der Waals surface area contributed by atoms with Gasteiger partial charge in [-0.05, 0) is 95.8 Å². The molecule has 0 amide bonds. The average molecular weight is 838 g/mol. The summed E-state index contributed by atoms with van der Waals surface area (Å²) in [6.45, 7) is 3.89. The van der Waals surface area contributed by atoms with Gasteiger partial charge in [0.05, 0.1) is 59.5 Å². The van der Waals surface area contributed by atoms with E-state index in [1.54, 1.807) is 41.2 Å². The SMILES string of the molecule is CCc1cc(-c2ccc(-c3nc(-c4cc(OC)c(O)c(OC)c4)n(C(=S)Nc4ccc(F)cc4)c3-c3ccc(-c4cc(CC)cn4S(=O)[O-])cc3)cc2)n(S(=O)[O-])c1. The number of ether oxygens (including phenoxy) is 2. The molecule has 2 unspecified atom stereocenters. The number of hydrogen-bond donors (Lipinski definition) is 2. The molecule has 7 aromatic rings. The number of anilines is 1. The summed E-state index contributed by atoms with van der Waals surface area (Å²) < 4.78 is 77.7. The molecule has 0 aliphatic heterocycles. The van der Waals surface area contributed by atoms with Crippen LogP contribution in [0.4, 0.5) is 10.1 Å². The monoisotopic (exact) mass is 837 g/mol. The third-order valence-electron chi connectivity index (χ3n) is 9.65. The summed E-state index contributed by atoms with van der Waals surface area (Å²) in [5.41, 5.74) is 7.26. The van der Waals surface area contributed by atoms with Gasteiger partial charge < -0.3 is 29.0 Å². The standard InChI is InChI=1S/C42H38FN5O7S3/c1-5-25-19-34(46(23-25)57(50)51)27-7-11-29(12-8-27)38-39(30-13-9-28(10-14-30)35-20-26(6-2)24-47(35)58(52)53)48(42(56)44-33-17-15-32(43)16-18-33)41(45-38)31-21-36(54-3)40(49)37(22-31)55-4/h7-24,49H,5-6H2,1-4H3,(H,44,56)(H,50,51)(H,52,53)/p-2. The number of aryl methyl sites for hydroxylation is 2. The van der Waals surface area contributed by atoms with E-state index in [0.717, 1.165) is 11.1 Å². The van der Waals surface area contributed by atoms with Gasteiger partial charge >= 0.3 is 0 Å². The number of nitrogens with one attached hydrogen (secondary N) is 1. The van der Waals surface area contributed by atoms with Crippen molar-refractivity contribution >= 4 is 45.6 Å². The number of phenolic OH excluding ortho intramolecular Hbond substituents is 1. The Kier molecular flexibility index (Phi) is 11.7. The number of aromatic nitrogens is 4. The first kappa shape index (κ1) is 40.3. The molecule has 0 radical (unpaired) electrons. The Morgan fingerprint density at radius 2 is 1.21 bits per heavy atom. The van der Waals surface area contributed by atoms with Crippen LogP contribution < -0.4 is 14.8 Å². The Bertz CT molecular complexity index is 2660. The molecular weight excluding hydrogens is 802 g/mol. The number of phenols is 1. The Morgan fingerprint density at radius 3 is 1.66 bits per heavy atom. The quantitative estimate of drug-likeness (QED) is 0.0905. The van der Waals surface area contributed by atoms with Gasteiger partial charge in [-0.1, -0.05) is 62.4 Å². The molecule has 0 saturated carbocycles. The fourth-order valence-corrected chi connectivity index (χ4v) is 8.04. The van der Waals surface area contributed by atoms with Crippen molar-refractivity contribution in [3.8, 4) is 73.7 Å². The highest BCUT2D eigenvalue weighted by molar-refractivity contribution is 7.80. The van der Waals surface area contributed by atoms with Crippen molar-refractivity contribution in [2.24, 2.45) is 0 Å². The normalized spacial score (nSPS) is 12.3. The number of rotatable bonds is 12. The molecule has 3 aromatic heterocycles. The molecule has 2 atom stereocenters. The van der Waals surface area contributed by atoms with E-state index in [1.807, 2.05) is 74.5 Å². The molecule has 58 heavy (non-hydrogen) atoms. The minimum atomic E-state index is -2.54. The number of imidazole rings is 1. The summed E-state index contributed by atoms with van der Waals surface area (Å²) in [6.07, 6.45) is 4.47. The zero-order valence-corrected chi connectivity index (χ0v) is 34.0. The van der Waals surface area contributed by atoms with Crippen LogP contribution in [0.3, 0.4) is 0 Å². The van der Waals surface area contributed by atoms with Crippen LogP contribution >= 0.6 is 12.2 Å². The lowest BCUT2D eigenvalue weighted by Gasteiger charge is -2.17. The molecule has 0 fully saturated rings. The van der Waals surface area contributed by atoms with Crippen LogP contribution in [0.15, 0.2) is 109 Å². The molecular formula is C42H36FN5O7S3-2. The molecule has 16 heteroatoms. The Balaban J connectivity index is 1.47. The van der Waals surface area contributed by atoms with Crippen LogP contribution in [0, 0.1) is 5.82 Å². The highest BCUT2D eigenvalue weighted by Crippen LogP contribution is 2.43. The number of halogens is 1. The van der Waals surface area contributed by atoms with E-state index >= 15 is 0 Å². The van der Waals surface area contributed by atoms with Crippen molar-refractivity contribution < 1.29 is 36.5 Å². The van der Waals surface area contributed by atoms with E-state index in [-0.39, 0.29) is 22.4 Å². The zero-order chi connectivity index (χ0) is 41.2. The van der Waals surface area contributed by atoms with E-state index in [9.17, 15) is 27.0 Å². The van der Waals surface area contributed by atoms with Crippen molar-refractivity contribution in [1.82, 2.24) is 17.5 Å². The van der Waals surface area contributed by atoms with Crippen molar-refractivity contribution in [2.45, 2.75) is 26.7 Å². The number of nitrogens with zero attached hydrogens (tertiary/aromatic N) is 4. The molecule has 0 spiro atoms. The molecule has 12 nitrogen and oxygen atoms in total. The third kappa shape index (κ3) is 7.84. The van der Waals surface area contributed by atoms with E-state index in [4.69, 9.17) is 26.7 Å². The van der Waals surface area contributed by atoms with Gasteiger partial charge in [0.25, 0.3) is 0 Å². The number of hydrogen-bond acceptors (Lipinski definition) is 9. The van der Waals surface area contributed by atoms with Gasteiger partial charge in [-0.2, -0.15) is 0 Å². The van der Waals surface area contributed by atoms with Crippen molar-refractivity contribution in [3.05, 3.63) is 126 Å². The lowest BCUT2D eigenvalue weighted by Crippen LogP contribution is -2.21. The Morgan fingerprint density at radius 1 is 0.741 bits per heavy atom. The maximum Gasteiger partial charge on any atom is 0.200 e. The summed E-state index contributed by atoms with van der Waals surface area (Å²) in [6, 6.07) is 27.1. The van der Waals surface area contributed by atoms with E-state index in [2.05, 4.69) is 5.32 Å². The van der Waals surface area contributed by atoms with Gasteiger partial charge in [0.15, 0.2) is 16.6 Å². The maximum absolute atomic E-state index is 14.0.